The largest absolute Gasteiger partial charge is 0.319 e. The highest BCUT2D eigenvalue weighted by Gasteiger charge is 2.21. The van der Waals surface area contributed by atoms with Gasteiger partial charge in [0.25, 0.3) is 21.5 Å². The average molecular weight is 465 g/mol. The van der Waals surface area contributed by atoms with Gasteiger partial charge >= 0.3 is 0 Å². The molecule has 0 radical (unpaired) electrons. The van der Waals surface area contributed by atoms with Gasteiger partial charge in [0.2, 0.25) is 0 Å². The summed E-state index contributed by atoms with van der Waals surface area (Å²) in [4.78, 5) is 23.9. The number of halogens is 2. The number of sulfonamides is 1. The second-order valence-electron chi connectivity index (χ2n) is 6.46. The Morgan fingerprint density at radius 1 is 1.13 bits per heavy atom. The summed E-state index contributed by atoms with van der Waals surface area (Å²) in [6.07, 6.45) is 0.647. The van der Waals surface area contributed by atoms with Gasteiger partial charge in [-0.1, -0.05) is 30.7 Å². The molecule has 11 heteroatoms. The van der Waals surface area contributed by atoms with Gasteiger partial charge in [0.1, 0.15) is 16.4 Å². The Bertz CT molecular complexity index is 1290. The van der Waals surface area contributed by atoms with Crippen LogP contribution in [0.1, 0.15) is 23.8 Å². The summed E-state index contributed by atoms with van der Waals surface area (Å²) in [5.74, 6) is -1.60. The lowest BCUT2D eigenvalue weighted by Gasteiger charge is -2.14. The molecule has 0 spiro atoms. The first-order valence-electron chi connectivity index (χ1n) is 9.17. The van der Waals surface area contributed by atoms with Crippen LogP contribution in [0.25, 0.3) is 0 Å². The molecule has 1 amide bonds. The molecule has 0 atom stereocenters. The quantitative estimate of drug-likeness (QED) is 0.556. The molecule has 0 fully saturated rings. The van der Waals surface area contributed by atoms with Gasteiger partial charge in [-0.05, 0) is 42.8 Å². The van der Waals surface area contributed by atoms with Crippen LogP contribution in [0.3, 0.4) is 0 Å². The first-order valence-corrected chi connectivity index (χ1v) is 11.0. The van der Waals surface area contributed by atoms with Crippen LogP contribution in [-0.2, 0) is 16.6 Å². The van der Waals surface area contributed by atoms with E-state index in [0.29, 0.717) is 13.0 Å². The van der Waals surface area contributed by atoms with Crippen molar-refractivity contribution in [3.05, 3.63) is 81.5 Å². The van der Waals surface area contributed by atoms with Gasteiger partial charge in [0, 0.05) is 17.6 Å². The molecule has 0 bridgehead atoms. The molecule has 1 aromatic heterocycles. The zero-order valence-electron chi connectivity index (χ0n) is 16.3. The number of aryl methyl sites for hydroxylation is 1. The molecular weight excluding hydrogens is 447 g/mol. The minimum absolute atomic E-state index is 0.0251. The SMILES string of the molecule is CCCn1nc(C(=O)Nc2cc(Cl)ccc2NS(=O)(=O)c2ccccc2F)ccc1=O. The summed E-state index contributed by atoms with van der Waals surface area (Å²) in [5.41, 5.74) is -0.384. The molecule has 31 heavy (non-hydrogen) atoms. The maximum absolute atomic E-state index is 14.0. The Balaban J connectivity index is 1.92. The van der Waals surface area contributed by atoms with Crippen molar-refractivity contribution < 1.29 is 17.6 Å². The molecule has 2 aromatic carbocycles. The average Bonchev–Trinajstić information content (AvgIpc) is 2.72. The highest BCUT2D eigenvalue weighted by Crippen LogP contribution is 2.29. The first-order chi connectivity index (χ1) is 14.7. The predicted octanol–water partition coefficient (Wildman–Crippen LogP) is 3.50. The number of benzene rings is 2. The second-order valence-corrected chi connectivity index (χ2v) is 8.55. The van der Waals surface area contributed by atoms with Gasteiger partial charge in [0.15, 0.2) is 0 Å². The minimum atomic E-state index is -4.28. The maximum atomic E-state index is 14.0. The van der Waals surface area contributed by atoms with E-state index >= 15 is 0 Å². The van der Waals surface area contributed by atoms with E-state index in [1.165, 1.54) is 42.5 Å². The van der Waals surface area contributed by atoms with E-state index in [2.05, 4.69) is 15.1 Å². The zero-order valence-corrected chi connectivity index (χ0v) is 17.9. The molecule has 162 valence electrons. The molecular formula is C20H18ClFN4O4S. The maximum Gasteiger partial charge on any atom is 0.276 e. The van der Waals surface area contributed by atoms with E-state index in [1.54, 1.807) is 0 Å². The monoisotopic (exact) mass is 464 g/mol. The molecule has 0 aliphatic heterocycles. The van der Waals surface area contributed by atoms with Crippen LogP contribution < -0.4 is 15.6 Å². The van der Waals surface area contributed by atoms with Crippen LogP contribution in [-0.4, -0.2) is 24.1 Å². The van der Waals surface area contributed by atoms with Crippen LogP contribution in [0.4, 0.5) is 15.8 Å². The van der Waals surface area contributed by atoms with Gasteiger partial charge in [-0.3, -0.25) is 14.3 Å². The number of carbonyl (C=O) groups excluding carboxylic acids is 1. The lowest BCUT2D eigenvalue weighted by Crippen LogP contribution is -2.26. The predicted molar refractivity (Wildman–Crippen MR) is 115 cm³/mol. The normalized spacial score (nSPS) is 11.2. The van der Waals surface area contributed by atoms with Crippen molar-refractivity contribution in [3.8, 4) is 0 Å². The van der Waals surface area contributed by atoms with Crippen LogP contribution in [0.5, 0.6) is 0 Å². The first kappa shape index (κ1) is 22.4. The van der Waals surface area contributed by atoms with Crippen LogP contribution in [0, 0.1) is 5.82 Å². The standard InChI is InChI=1S/C20H18ClFN4O4S/c1-2-11-26-19(27)10-9-16(24-26)20(28)23-17-12-13(21)7-8-15(17)25-31(29,30)18-6-4-3-5-14(18)22/h3-10,12,25H,2,11H2,1H3,(H,23,28). The minimum Gasteiger partial charge on any atom is -0.319 e. The van der Waals surface area contributed by atoms with Crippen molar-refractivity contribution in [2.45, 2.75) is 24.8 Å². The lowest BCUT2D eigenvalue weighted by atomic mass is 10.2. The van der Waals surface area contributed by atoms with Gasteiger partial charge in [-0.25, -0.2) is 17.5 Å². The Morgan fingerprint density at radius 3 is 2.58 bits per heavy atom. The molecule has 0 aliphatic carbocycles. The molecule has 8 nitrogen and oxygen atoms in total. The lowest BCUT2D eigenvalue weighted by molar-refractivity contribution is 0.102. The summed E-state index contributed by atoms with van der Waals surface area (Å²) in [7, 11) is -4.28. The Kier molecular flexibility index (Phi) is 6.71. The summed E-state index contributed by atoms with van der Waals surface area (Å²) in [6.45, 7) is 2.20. The van der Waals surface area contributed by atoms with E-state index < -0.39 is 26.6 Å². The molecule has 0 saturated carbocycles. The number of nitrogens with zero attached hydrogens (tertiary/aromatic N) is 2. The number of hydrogen-bond acceptors (Lipinski definition) is 5. The summed E-state index contributed by atoms with van der Waals surface area (Å²) < 4.78 is 42.6. The van der Waals surface area contributed by atoms with Crippen molar-refractivity contribution in [1.82, 2.24) is 9.78 Å². The number of amides is 1. The third-order valence-corrected chi connectivity index (χ3v) is 5.77. The summed E-state index contributed by atoms with van der Waals surface area (Å²) >= 11 is 6.00. The number of nitrogens with one attached hydrogen (secondary N) is 2. The fourth-order valence-electron chi connectivity index (χ4n) is 2.70. The van der Waals surface area contributed by atoms with E-state index in [0.717, 1.165) is 16.8 Å². The molecule has 1 heterocycles. The van der Waals surface area contributed by atoms with Crippen LogP contribution in [0.2, 0.25) is 5.02 Å². The number of aromatic nitrogens is 2. The number of anilines is 2. The van der Waals surface area contributed by atoms with Crippen molar-refractivity contribution in [1.29, 1.82) is 0 Å². The highest BCUT2D eigenvalue weighted by molar-refractivity contribution is 7.92. The van der Waals surface area contributed by atoms with Gasteiger partial charge < -0.3 is 5.32 Å². The van der Waals surface area contributed by atoms with Gasteiger partial charge in [-0.15, -0.1) is 0 Å². The van der Waals surface area contributed by atoms with Crippen molar-refractivity contribution in [2.75, 3.05) is 10.0 Å². The number of hydrogen-bond donors (Lipinski definition) is 2. The third-order valence-electron chi connectivity index (χ3n) is 4.13. The van der Waals surface area contributed by atoms with Crippen molar-refractivity contribution in [3.63, 3.8) is 0 Å². The molecule has 3 rings (SSSR count). The van der Waals surface area contributed by atoms with E-state index in [9.17, 15) is 22.4 Å². The Labute approximate surface area is 182 Å². The van der Waals surface area contributed by atoms with Crippen LogP contribution in [0.15, 0.2) is 64.3 Å². The fraction of sp³-hybridized carbons (Fsp3) is 0.150. The van der Waals surface area contributed by atoms with E-state index in [1.807, 2.05) is 6.92 Å². The molecule has 3 aromatic rings. The molecule has 0 saturated heterocycles. The van der Waals surface area contributed by atoms with Crippen molar-refractivity contribution >= 4 is 38.9 Å². The smallest absolute Gasteiger partial charge is 0.276 e. The number of carbonyl (C=O) groups is 1. The zero-order chi connectivity index (χ0) is 22.6. The Morgan fingerprint density at radius 2 is 1.87 bits per heavy atom. The third kappa shape index (κ3) is 5.28. The fourth-order valence-corrected chi connectivity index (χ4v) is 4.03. The van der Waals surface area contributed by atoms with Crippen LogP contribution >= 0.6 is 11.6 Å². The second kappa shape index (κ2) is 9.27. The highest BCUT2D eigenvalue weighted by atomic mass is 35.5. The summed E-state index contributed by atoms with van der Waals surface area (Å²) in [6, 6.07) is 11.5. The van der Waals surface area contributed by atoms with Gasteiger partial charge in [0.05, 0.1) is 11.4 Å². The van der Waals surface area contributed by atoms with Crippen molar-refractivity contribution in [2.24, 2.45) is 0 Å². The van der Waals surface area contributed by atoms with Gasteiger partial charge in [-0.2, -0.15) is 5.10 Å². The van der Waals surface area contributed by atoms with E-state index in [-0.39, 0.29) is 27.7 Å². The summed E-state index contributed by atoms with van der Waals surface area (Å²) in [5, 5.41) is 6.77. The Hall–Kier alpha value is -3.24. The number of rotatable bonds is 7. The molecule has 0 unspecified atom stereocenters. The topological polar surface area (TPSA) is 110 Å². The molecule has 2 N–H and O–H groups in total. The molecule has 0 aliphatic rings. The van der Waals surface area contributed by atoms with E-state index in [4.69, 9.17) is 11.6 Å².